The maximum absolute atomic E-state index is 5.63. The Kier molecular flexibility index (Phi) is 2.29. The SMILES string of the molecule is NC=Nc1ccc(Cl)cc1. The number of rotatable bonds is 1. The van der Waals surface area contributed by atoms with Crippen LogP contribution in [0.2, 0.25) is 5.02 Å². The van der Waals surface area contributed by atoms with Crippen LogP contribution in [0, 0.1) is 0 Å². The summed E-state index contributed by atoms with van der Waals surface area (Å²) in [6.07, 6.45) is 1.25. The fourth-order valence-corrected chi connectivity index (χ4v) is 0.739. The summed E-state index contributed by atoms with van der Waals surface area (Å²) < 4.78 is 0. The molecule has 0 saturated heterocycles. The van der Waals surface area contributed by atoms with Crippen molar-refractivity contribution in [1.82, 2.24) is 0 Å². The first-order chi connectivity index (χ1) is 4.83. The maximum Gasteiger partial charge on any atom is 0.0860 e. The molecule has 10 heavy (non-hydrogen) atoms. The van der Waals surface area contributed by atoms with Crippen molar-refractivity contribution in [3.8, 4) is 0 Å². The molecule has 2 N–H and O–H groups in total. The van der Waals surface area contributed by atoms with Crippen LogP contribution in [-0.4, -0.2) is 6.34 Å². The van der Waals surface area contributed by atoms with E-state index < -0.39 is 0 Å². The van der Waals surface area contributed by atoms with Gasteiger partial charge in [0, 0.05) is 5.02 Å². The van der Waals surface area contributed by atoms with E-state index >= 15 is 0 Å². The quantitative estimate of drug-likeness (QED) is 0.488. The summed E-state index contributed by atoms with van der Waals surface area (Å²) in [5.74, 6) is 0. The van der Waals surface area contributed by atoms with Gasteiger partial charge in [0.05, 0.1) is 12.0 Å². The summed E-state index contributed by atoms with van der Waals surface area (Å²) in [6, 6.07) is 7.13. The lowest BCUT2D eigenvalue weighted by atomic mass is 10.3. The fraction of sp³-hybridized carbons (Fsp3) is 0. The molecule has 1 rings (SSSR count). The normalized spacial score (nSPS) is 10.5. The number of aliphatic imine (C=N–C) groups is 1. The fourth-order valence-electron chi connectivity index (χ4n) is 0.613. The van der Waals surface area contributed by atoms with Crippen LogP contribution < -0.4 is 5.73 Å². The zero-order valence-corrected chi connectivity index (χ0v) is 6.05. The highest BCUT2D eigenvalue weighted by Crippen LogP contribution is 2.14. The lowest BCUT2D eigenvalue weighted by Gasteiger charge is -1.90. The van der Waals surface area contributed by atoms with Crippen molar-refractivity contribution in [2.45, 2.75) is 0 Å². The Labute approximate surface area is 64.3 Å². The van der Waals surface area contributed by atoms with Gasteiger partial charge in [-0.3, -0.25) is 0 Å². The second kappa shape index (κ2) is 3.22. The van der Waals surface area contributed by atoms with Crippen molar-refractivity contribution in [2.24, 2.45) is 10.7 Å². The first kappa shape index (κ1) is 7.09. The largest absolute Gasteiger partial charge is 0.390 e. The molecule has 0 atom stereocenters. The molecule has 0 heterocycles. The molecule has 0 unspecified atom stereocenters. The number of nitrogens with zero attached hydrogens (tertiary/aromatic N) is 1. The van der Waals surface area contributed by atoms with Gasteiger partial charge < -0.3 is 5.73 Å². The third-order valence-electron chi connectivity index (χ3n) is 1.05. The monoisotopic (exact) mass is 154 g/mol. The smallest absolute Gasteiger partial charge is 0.0860 e. The van der Waals surface area contributed by atoms with E-state index in [9.17, 15) is 0 Å². The highest BCUT2D eigenvalue weighted by Gasteiger charge is 1.86. The highest BCUT2D eigenvalue weighted by atomic mass is 35.5. The van der Waals surface area contributed by atoms with Crippen LogP contribution in [0.15, 0.2) is 29.3 Å². The Morgan fingerprint density at radius 2 is 1.90 bits per heavy atom. The van der Waals surface area contributed by atoms with Crippen LogP contribution in [0.4, 0.5) is 5.69 Å². The third kappa shape index (κ3) is 1.74. The minimum absolute atomic E-state index is 0.705. The number of nitrogens with two attached hydrogens (primary N) is 1. The van der Waals surface area contributed by atoms with Gasteiger partial charge in [0.2, 0.25) is 0 Å². The maximum atomic E-state index is 5.63. The van der Waals surface area contributed by atoms with Crippen LogP contribution in [0.3, 0.4) is 0 Å². The molecular formula is C7H7ClN2. The summed E-state index contributed by atoms with van der Waals surface area (Å²) in [7, 11) is 0. The summed E-state index contributed by atoms with van der Waals surface area (Å²) in [5, 5.41) is 0.705. The molecule has 0 fully saturated rings. The average molecular weight is 155 g/mol. The minimum atomic E-state index is 0.705. The summed E-state index contributed by atoms with van der Waals surface area (Å²) in [6.45, 7) is 0. The van der Waals surface area contributed by atoms with Gasteiger partial charge >= 0.3 is 0 Å². The van der Waals surface area contributed by atoms with E-state index in [1.165, 1.54) is 6.34 Å². The zero-order chi connectivity index (χ0) is 7.40. The van der Waals surface area contributed by atoms with Gasteiger partial charge in [0.25, 0.3) is 0 Å². The molecule has 0 aromatic heterocycles. The highest BCUT2D eigenvalue weighted by molar-refractivity contribution is 6.30. The van der Waals surface area contributed by atoms with E-state index in [0.717, 1.165) is 5.69 Å². The standard InChI is InChI=1S/C7H7ClN2/c8-6-1-3-7(4-2-6)10-5-9/h1-5H,(H2,9,10). The lowest BCUT2D eigenvalue weighted by Crippen LogP contribution is -1.85. The Balaban J connectivity index is 2.89. The van der Waals surface area contributed by atoms with E-state index in [1.54, 1.807) is 24.3 Å². The summed E-state index contributed by atoms with van der Waals surface area (Å²) in [4.78, 5) is 3.84. The van der Waals surface area contributed by atoms with Crippen LogP contribution in [0.25, 0.3) is 0 Å². The molecule has 0 amide bonds. The molecule has 0 bridgehead atoms. The predicted octanol–water partition coefficient (Wildman–Crippen LogP) is 1.96. The van der Waals surface area contributed by atoms with Crippen molar-refractivity contribution in [3.63, 3.8) is 0 Å². The van der Waals surface area contributed by atoms with E-state index in [-0.39, 0.29) is 0 Å². The summed E-state index contributed by atoms with van der Waals surface area (Å²) >= 11 is 5.63. The van der Waals surface area contributed by atoms with Crippen molar-refractivity contribution < 1.29 is 0 Å². The van der Waals surface area contributed by atoms with Gasteiger partial charge in [-0.05, 0) is 24.3 Å². The number of hydrogen-bond acceptors (Lipinski definition) is 1. The number of halogens is 1. The molecule has 0 aliphatic carbocycles. The predicted molar refractivity (Wildman–Crippen MR) is 43.8 cm³/mol. The van der Waals surface area contributed by atoms with E-state index in [1.807, 2.05) is 0 Å². The lowest BCUT2D eigenvalue weighted by molar-refractivity contribution is 1.52. The molecule has 1 aromatic rings. The molecule has 0 aliphatic rings. The topological polar surface area (TPSA) is 38.4 Å². The molecule has 1 aromatic carbocycles. The third-order valence-corrected chi connectivity index (χ3v) is 1.30. The van der Waals surface area contributed by atoms with Gasteiger partial charge in [-0.1, -0.05) is 11.6 Å². The van der Waals surface area contributed by atoms with Crippen molar-refractivity contribution >= 4 is 23.6 Å². The first-order valence-corrected chi connectivity index (χ1v) is 3.20. The molecule has 0 radical (unpaired) electrons. The molecule has 0 saturated carbocycles. The number of benzene rings is 1. The Morgan fingerprint density at radius 3 is 2.40 bits per heavy atom. The van der Waals surface area contributed by atoms with Gasteiger partial charge in [-0.25, -0.2) is 4.99 Å². The van der Waals surface area contributed by atoms with E-state index in [4.69, 9.17) is 17.3 Å². The van der Waals surface area contributed by atoms with Gasteiger partial charge in [0.15, 0.2) is 0 Å². The molecule has 52 valence electrons. The first-order valence-electron chi connectivity index (χ1n) is 2.83. The Hall–Kier alpha value is -1.02. The second-order valence-corrected chi connectivity index (χ2v) is 2.19. The Bertz CT molecular complexity index is 228. The van der Waals surface area contributed by atoms with Crippen LogP contribution >= 0.6 is 11.6 Å². The van der Waals surface area contributed by atoms with Gasteiger partial charge in [-0.15, -0.1) is 0 Å². The second-order valence-electron chi connectivity index (χ2n) is 1.75. The summed E-state index contributed by atoms with van der Waals surface area (Å²) in [5.41, 5.74) is 5.89. The molecule has 0 spiro atoms. The zero-order valence-electron chi connectivity index (χ0n) is 5.29. The van der Waals surface area contributed by atoms with E-state index in [0.29, 0.717) is 5.02 Å². The number of hydrogen-bond donors (Lipinski definition) is 1. The van der Waals surface area contributed by atoms with Crippen molar-refractivity contribution in [2.75, 3.05) is 0 Å². The van der Waals surface area contributed by atoms with E-state index in [2.05, 4.69) is 4.99 Å². The molecule has 2 nitrogen and oxygen atoms in total. The van der Waals surface area contributed by atoms with Crippen LogP contribution in [-0.2, 0) is 0 Å². The van der Waals surface area contributed by atoms with Gasteiger partial charge in [0.1, 0.15) is 0 Å². The van der Waals surface area contributed by atoms with Gasteiger partial charge in [-0.2, -0.15) is 0 Å². The van der Waals surface area contributed by atoms with Crippen LogP contribution in [0.1, 0.15) is 0 Å². The molecule has 3 heteroatoms. The van der Waals surface area contributed by atoms with Crippen molar-refractivity contribution in [3.05, 3.63) is 29.3 Å². The molecular weight excluding hydrogens is 148 g/mol. The van der Waals surface area contributed by atoms with Crippen LogP contribution in [0.5, 0.6) is 0 Å². The minimum Gasteiger partial charge on any atom is -0.390 e. The average Bonchev–Trinajstić information content (AvgIpc) is 1.95. The Morgan fingerprint density at radius 1 is 1.30 bits per heavy atom. The van der Waals surface area contributed by atoms with Crippen molar-refractivity contribution in [1.29, 1.82) is 0 Å². The molecule has 0 aliphatic heterocycles.